The first-order valence-electron chi connectivity index (χ1n) is 15.1. The minimum atomic E-state index is -1.20. The molecule has 1 aliphatic heterocycles. The monoisotopic (exact) mass is 631 g/mol. The quantitative estimate of drug-likeness (QED) is 0.277. The lowest BCUT2D eigenvalue weighted by Crippen LogP contribution is -2.53. The van der Waals surface area contributed by atoms with E-state index < -0.39 is 53.8 Å². The number of ether oxygens (including phenoxy) is 3. The Kier molecular flexibility index (Phi) is 11.4. The summed E-state index contributed by atoms with van der Waals surface area (Å²) in [4.78, 5) is 52.5. The maximum atomic E-state index is 14.0. The van der Waals surface area contributed by atoms with Crippen LogP contribution in [0.15, 0.2) is 84.9 Å². The Bertz CT molecular complexity index is 1450. The highest BCUT2D eigenvalue weighted by Gasteiger charge is 2.37. The Balaban J connectivity index is 1.55. The van der Waals surface area contributed by atoms with E-state index in [0.717, 1.165) is 16.7 Å². The summed E-state index contributed by atoms with van der Waals surface area (Å²) in [5, 5.41) is 15.4. The van der Waals surface area contributed by atoms with E-state index in [1.165, 1.54) is 12.0 Å². The number of carbonyl (C=O) groups is 4. The van der Waals surface area contributed by atoms with Gasteiger partial charge < -0.3 is 34.9 Å². The summed E-state index contributed by atoms with van der Waals surface area (Å²) < 4.78 is 16.2. The summed E-state index contributed by atoms with van der Waals surface area (Å²) in [6.45, 7) is 5.28. The molecular formula is C35H41N3O8. The summed E-state index contributed by atoms with van der Waals surface area (Å²) >= 11 is 0. The molecular weight excluding hydrogens is 590 g/mol. The zero-order valence-corrected chi connectivity index (χ0v) is 26.5. The molecule has 0 spiro atoms. The molecule has 0 saturated carbocycles. The van der Waals surface area contributed by atoms with Gasteiger partial charge in [-0.2, -0.15) is 0 Å². The third-order valence-corrected chi connectivity index (χ3v) is 7.50. The Morgan fingerprint density at radius 1 is 0.913 bits per heavy atom. The standard InChI is InChI=1S/C35H41N3O8/c1-35(2,3)46-34(43)38-21-26(45-28(22-38)32(40)41)20-19-23-13-11-12-18-27(23)36-31(39)30(37-33(42)44-4)29(24-14-7-5-8-15-24)25-16-9-6-10-17-25/h5-18,26,28-30H,19-22H2,1-4H3,(H,36,39)(H,37,42)(H,40,41)/t26-,28+,30+/m1/s1. The molecule has 0 aromatic heterocycles. The Labute approximate surface area is 268 Å². The lowest BCUT2D eigenvalue weighted by Gasteiger charge is -2.37. The number of benzene rings is 3. The van der Waals surface area contributed by atoms with Gasteiger partial charge in [-0.25, -0.2) is 14.4 Å². The topological polar surface area (TPSA) is 143 Å². The largest absolute Gasteiger partial charge is 0.479 e. The fourth-order valence-corrected chi connectivity index (χ4v) is 5.38. The summed E-state index contributed by atoms with van der Waals surface area (Å²) in [5.74, 6) is -2.15. The van der Waals surface area contributed by atoms with Crippen molar-refractivity contribution < 1.29 is 38.5 Å². The van der Waals surface area contributed by atoms with Gasteiger partial charge >= 0.3 is 18.2 Å². The van der Waals surface area contributed by atoms with Gasteiger partial charge in [-0.3, -0.25) is 4.79 Å². The van der Waals surface area contributed by atoms with Crippen LogP contribution in [0.4, 0.5) is 15.3 Å². The number of para-hydroxylation sites is 1. The molecule has 1 saturated heterocycles. The van der Waals surface area contributed by atoms with Crippen molar-refractivity contribution in [2.45, 2.75) is 63.4 Å². The SMILES string of the molecule is COC(=O)N[C@H](C(=O)Nc1ccccc1CC[C@@H]1CN(C(=O)OC(C)(C)C)C[C@@H](C(=O)O)O1)C(c1ccccc1)c1ccccc1. The lowest BCUT2D eigenvalue weighted by molar-refractivity contribution is -0.163. The molecule has 3 aromatic rings. The van der Waals surface area contributed by atoms with Crippen molar-refractivity contribution in [1.29, 1.82) is 0 Å². The molecule has 1 aliphatic rings. The number of nitrogens with zero attached hydrogens (tertiary/aromatic N) is 1. The van der Waals surface area contributed by atoms with Crippen LogP contribution in [0.25, 0.3) is 0 Å². The molecule has 3 aromatic carbocycles. The van der Waals surface area contributed by atoms with Crippen molar-refractivity contribution in [3.63, 3.8) is 0 Å². The fraction of sp³-hybridized carbons (Fsp3) is 0.371. The van der Waals surface area contributed by atoms with Crippen LogP contribution in [0.2, 0.25) is 0 Å². The van der Waals surface area contributed by atoms with Crippen molar-refractivity contribution in [3.8, 4) is 0 Å². The maximum Gasteiger partial charge on any atom is 0.410 e. The van der Waals surface area contributed by atoms with Crippen LogP contribution in [0.3, 0.4) is 0 Å². The van der Waals surface area contributed by atoms with Gasteiger partial charge in [0.15, 0.2) is 6.10 Å². The first-order chi connectivity index (χ1) is 21.9. The van der Waals surface area contributed by atoms with Crippen LogP contribution < -0.4 is 10.6 Å². The highest BCUT2D eigenvalue weighted by Crippen LogP contribution is 2.30. The van der Waals surface area contributed by atoms with E-state index in [9.17, 15) is 24.3 Å². The van der Waals surface area contributed by atoms with Crippen molar-refractivity contribution in [1.82, 2.24) is 10.2 Å². The van der Waals surface area contributed by atoms with Crippen LogP contribution in [0, 0.1) is 0 Å². The first-order valence-corrected chi connectivity index (χ1v) is 15.1. The van der Waals surface area contributed by atoms with Gasteiger partial charge in [0, 0.05) is 11.6 Å². The molecule has 46 heavy (non-hydrogen) atoms. The average molecular weight is 632 g/mol. The van der Waals surface area contributed by atoms with Crippen LogP contribution in [0.1, 0.15) is 49.8 Å². The number of anilines is 1. The van der Waals surface area contributed by atoms with Crippen molar-refractivity contribution >= 4 is 29.8 Å². The van der Waals surface area contributed by atoms with Crippen molar-refractivity contribution in [2.75, 3.05) is 25.5 Å². The van der Waals surface area contributed by atoms with E-state index in [-0.39, 0.29) is 13.1 Å². The molecule has 244 valence electrons. The minimum absolute atomic E-state index is 0.119. The van der Waals surface area contributed by atoms with Crippen LogP contribution in [-0.2, 0) is 30.2 Å². The van der Waals surface area contributed by atoms with E-state index in [1.54, 1.807) is 32.9 Å². The van der Waals surface area contributed by atoms with Gasteiger partial charge in [-0.1, -0.05) is 78.9 Å². The lowest BCUT2D eigenvalue weighted by atomic mass is 9.84. The molecule has 3 N–H and O–H groups in total. The second-order valence-electron chi connectivity index (χ2n) is 12.1. The van der Waals surface area contributed by atoms with Gasteiger partial charge in [0.25, 0.3) is 0 Å². The maximum absolute atomic E-state index is 14.0. The number of aryl methyl sites for hydroxylation is 1. The molecule has 11 heteroatoms. The number of aliphatic carboxylic acids is 1. The number of carbonyl (C=O) groups excluding carboxylic acids is 3. The number of hydrogen-bond donors (Lipinski definition) is 3. The number of carboxylic acids is 1. The summed E-state index contributed by atoms with van der Waals surface area (Å²) in [5.41, 5.74) is 2.22. The van der Waals surface area contributed by atoms with E-state index in [2.05, 4.69) is 10.6 Å². The third kappa shape index (κ3) is 9.31. The third-order valence-electron chi connectivity index (χ3n) is 7.50. The summed E-state index contributed by atoms with van der Waals surface area (Å²) in [6.07, 6.45) is -2.35. The number of alkyl carbamates (subject to hydrolysis) is 1. The summed E-state index contributed by atoms with van der Waals surface area (Å²) in [6, 6.07) is 25.1. The Hall–Kier alpha value is -4.90. The predicted molar refractivity (Wildman–Crippen MR) is 172 cm³/mol. The normalized spacial score (nSPS) is 17.1. The number of nitrogens with one attached hydrogen (secondary N) is 2. The Morgan fingerprint density at radius 3 is 2.07 bits per heavy atom. The number of methoxy groups -OCH3 is 1. The molecule has 0 bridgehead atoms. The molecule has 1 heterocycles. The number of hydrogen-bond acceptors (Lipinski definition) is 7. The molecule has 4 rings (SSSR count). The molecule has 11 nitrogen and oxygen atoms in total. The number of morpholine rings is 1. The van der Waals surface area contributed by atoms with Crippen LogP contribution >= 0.6 is 0 Å². The highest BCUT2D eigenvalue weighted by atomic mass is 16.6. The highest BCUT2D eigenvalue weighted by molar-refractivity contribution is 5.98. The van der Waals surface area contributed by atoms with Crippen molar-refractivity contribution in [2.24, 2.45) is 0 Å². The molecule has 1 fully saturated rings. The van der Waals surface area contributed by atoms with Crippen LogP contribution in [-0.4, -0.2) is 78.1 Å². The molecule has 0 radical (unpaired) electrons. The van der Waals surface area contributed by atoms with Gasteiger partial charge in [0.2, 0.25) is 5.91 Å². The zero-order chi connectivity index (χ0) is 33.3. The van der Waals surface area contributed by atoms with Crippen LogP contribution in [0.5, 0.6) is 0 Å². The molecule has 0 unspecified atom stereocenters. The molecule has 3 atom stereocenters. The minimum Gasteiger partial charge on any atom is -0.479 e. The fourth-order valence-electron chi connectivity index (χ4n) is 5.38. The van der Waals surface area contributed by atoms with Gasteiger partial charge in [0.05, 0.1) is 26.3 Å². The van der Waals surface area contributed by atoms with E-state index >= 15 is 0 Å². The van der Waals surface area contributed by atoms with E-state index in [1.807, 2.05) is 72.8 Å². The van der Waals surface area contributed by atoms with Crippen molar-refractivity contribution in [3.05, 3.63) is 102 Å². The average Bonchev–Trinajstić information content (AvgIpc) is 3.04. The first kappa shape index (κ1) is 34.0. The van der Waals surface area contributed by atoms with Gasteiger partial charge in [-0.05, 0) is 56.4 Å². The second-order valence-corrected chi connectivity index (χ2v) is 12.1. The molecule has 0 aliphatic carbocycles. The zero-order valence-electron chi connectivity index (χ0n) is 26.5. The smallest absolute Gasteiger partial charge is 0.410 e. The number of amides is 3. The van der Waals surface area contributed by atoms with Gasteiger partial charge in [-0.15, -0.1) is 0 Å². The summed E-state index contributed by atoms with van der Waals surface area (Å²) in [7, 11) is 1.24. The Morgan fingerprint density at radius 2 is 1.50 bits per heavy atom. The van der Waals surface area contributed by atoms with Gasteiger partial charge in [0.1, 0.15) is 11.6 Å². The van der Waals surface area contributed by atoms with E-state index in [4.69, 9.17) is 14.2 Å². The molecule has 3 amide bonds. The number of carboxylic acid groups (broad SMARTS) is 1. The number of rotatable bonds is 10. The predicted octanol–water partition coefficient (Wildman–Crippen LogP) is 5.20. The van der Waals surface area contributed by atoms with E-state index in [0.29, 0.717) is 18.5 Å². The second kappa shape index (κ2) is 15.4.